The van der Waals surface area contributed by atoms with E-state index in [9.17, 15) is 18.0 Å². The van der Waals surface area contributed by atoms with Gasteiger partial charge in [-0.25, -0.2) is 13.1 Å². The van der Waals surface area contributed by atoms with Crippen LogP contribution in [0.15, 0.2) is 41.3 Å². The smallest absolute Gasteiger partial charge is 0.279 e. The number of ether oxygens (including phenoxy) is 2. The second-order valence-electron chi connectivity index (χ2n) is 8.37. The number of benzene rings is 2. The van der Waals surface area contributed by atoms with E-state index >= 15 is 0 Å². The Hall–Kier alpha value is -3.11. The van der Waals surface area contributed by atoms with Gasteiger partial charge in [0.2, 0.25) is 10.0 Å². The minimum atomic E-state index is -3.89. The van der Waals surface area contributed by atoms with E-state index in [1.807, 2.05) is 26.0 Å². The summed E-state index contributed by atoms with van der Waals surface area (Å²) < 4.78 is 39.4. The molecule has 3 N–H and O–H groups in total. The first-order chi connectivity index (χ1) is 16.1. The molecule has 184 valence electrons. The Morgan fingerprint density at radius 2 is 1.74 bits per heavy atom. The molecule has 1 aliphatic carbocycles. The fourth-order valence-corrected chi connectivity index (χ4v) is 5.24. The number of hydrogen-bond acceptors (Lipinski definition) is 6. The molecule has 0 aromatic heterocycles. The number of hydrogen-bond donors (Lipinski definition) is 3. The predicted octanol–water partition coefficient (Wildman–Crippen LogP) is 2.76. The van der Waals surface area contributed by atoms with E-state index in [0.717, 1.165) is 36.8 Å². The highest BCUT2D eigenvalue weighted by Gasteiger charge is 2.27. The summed E-state index contributed by atoms with van der Waals surface area (Å²) in [6.07, 6.45) is 2.62. The molecule has 0 saturated heterocycles. The van der Waals surface area contributed by atoms with Gasteiger partial charge in [0.1, 0.15) is 16.4 Å². The molecule has 0 aliphatic heterocycles. The van der Waals surface area contributed by atoms with Gasteiger partial charge in [0.15, 0.2) is 6.10 Å². The number of carbonyl (C=O) groups excluding carboxylic acids is 2. The van der Waals surface area contributed by atoms with Gasteiger partial charge in [-0.2, -0.15) is 0 Å². The molecule has 2 amide bonds. The molecule has 0 spiro atoms. The van der Waals surface area contributed by atoms with Gasteiger partial charge in [0.25, 0.3) is 11.8 Å². The van der Waals surface area contributed by atoms with Crippen LogP contribution in [-0.4, -0.2) is 39.5 Å². The fraction of sp³-hybridized carbons (Fsp3) is 0.417. The van der Waals surface area contributed by atoms with Crippen LogP contribution in [0.2, 0.25) is 0 Å². The molecule has 2 aromatic rings. The third-order valence-corrected chi connectivity index (χ3v) is 7.46. The zero-order valence-corrected chi connectivity index (χ0v) is 20.6. The molecule has 34 heavy (non-hydrogen) atoms. The van der Waals surface area contributed by atoms with Crippen molar-refractivity contribution in [3.63, 3.8) is 0 Å². The number of nitrogens with one attached hydrogen (secondary N) is 3. The van der Waals surface area contributed by atoms with Crippen LogP contribution in [0.5, 0.6) is 11.5 Å². The lowest BCUT2D eigenvalue weighted by molar-refractivity contribution is -0.128. The van der Waals surface area contributed by atoms with E-state index in [1.165, 1.54) is 25.3 Å². The van der Waals surface area contributed by atoms with Crippen molar-refractivity contribution in [2.75, 3.05) is 7.11 Å². The summed E-state index contributed by atoms with van der Waals surface area (Å²) in [5.74, 6) is -0.527. The van der Waals surface area contributed by atoms with Crippen molar-refractivity contribution < 1.29 is 27.5 Å². The van der Waals surface area contributed by atoms with Crippen molar-refractivity contribution in [3.8, 4) is 11.5 Å². The fourth-order valence-electron chi connectivity index (χ4n) is 3.74. The molecule has 1 atom stereocenters. The first-order valence-corrected chi connectivity index (χ1v) is 12.6. The van der Waals surface area contributed by atoms with E-state index in [1.54, 1.807) is 13.0 Å². The topological polar surface area (TPSA) is 123 Å². The maximum absolute atomic E-state index is 12.9. The van der Waals surface area contributed by atoms with Gasteiger partial charge in [-0.15, -0.1) is 0 Å². The largest absolute Gasteiger partial charge is 0.495 e. The van der Waals surface area contributed by atoms with Crippen molar-refractivity contribution >= 4 is 21.8 Å². The minimum Gasteiger partial charge on any atom is -0.495 e. The molecule has 0 heterocycles. The monoisotopic (exact) mass is 489 g/mol. The summed E-state index contributed by atoms with van der Waals surface area (Å²) in [6.45, 7) is 5.41. The van der Waals surface area contributed by atoms with Gasteiger partial charge in [0, 0.05) is 11.6 Å². The molecular formula is C24H31N3O6S. The molecule has 1 aliphatic rings. The lowest BCUT2D eigenvalue weighted by Gasteiger charge is -2.18. The van der Waals surface area contributed by atoms with Crippen molar-refractivity contribution in [3.05, 3.63) is 53.1 Å². The average molecular weight is 490 g/mol. The van der Waals surface area contributed by atoms with E-state index in [-0.39, 0.29) is 22.3 Å². The van der Waals surface area contributed by atoms with E-state index < -0.39 is 27.9 Å². The standard InChI is InChI=1S/C24H31N3O6S/c1-15-8-7-11-20(16(15)2)33-17(3)23(28)25-26-24(29)18-12-13-21(32-4)22(14-18)34(30,31)27-19-9-5-6-10-19/h7-8,11-14,17,19,27H,5-6,9-10H2,1-4H3,(H,25,28)(H,26,29). The number of aryl methyl sites for hydroxylation is 1. The van der Waals surface area contributed by atoms with Gasteiger partial charge >= 0.3 is 0 Å². The number of rotatable bonds is 8. The Morgan fingerprint density at radius 1 is 1.03 bits per heavy atom. The minimum absolute atomic E-state index is 0.0518. The molecule has 1 unspecified atom stereocenters. The van der Waals surface area contributed by atoms with E-state index in [2.05, 4.69) is 15.6 Å². The van der Waals surface area contributed by atoms with Crippen LogP contribution >= 0.6 is 0 Å². The van der Waals surface area contributed by atoms with Crippen LogP contribution in [0.1, 0.15) is 54.1 Å². The number of sulfonamides is 1. The third kappa shape index (κ3) is 6.06. The number of amides is 2. The van der Waals surface area contributed by atoms with Crippen LogP contribution in [-0.2, 0) is 14.8 Å². The highest BCUT2D eigenvalue weighted by Crippen LogP contribution is 2.27. The highest BCUT2D eigenvalue weighted by molar-refractivity contribution is 7.89. The van der Waals surface area contributed by atoms with E-state index in [4.69, 9.17) is 9.47 Å². The summed E-state index contributed by atoms with van der Waals surface area (Å²) in [7, 11) is -2.53. The van der Waals surface area contributed by atoms with Crippen molar-refractivity contribution in [1.29, 1.82) is 0 Å². The maximum atomic E-state index is 12.9. The number of carbonyl (C=O) groups is 2. The van der Waals surface area contributed by atoms with Crippen LogP contribution in [0, 0.1) is 13.8 Å². The summed E-state index contributed by atoms with van der Waals surface area (Å²) in [5, 5.41) is 0. The molecule has 2 aromatic carbocycles. The third-order valence-electron chi connectivity index (χ3n) is 5.92. The zero-order valence-electron chi connectivity index (χ0n) is 19.8. The molecule has 0 radical (unpaired) electrons. The van der Waals surface area contributed by atoms with Crippen LogP contribution in [0.3, 0.4) is 0 Å². The Balaban J connectivity index is 1.66. The van der Waals surface area contributed by atoms with Crippen LogP contribution < -0.4 is 25.0 Å². The molecular weight excluding hydrogens is 458 g/mol. The molecule has 1 saturated carbocycles. The van der Waals surface area contributed by atoms with Crippen molar-refractivity contribution in [2.24, 2.45) is 0 Å². The first kappa shape index (κ1) is 25.5. The Bertz CT molecular complexity index is 1160. The highest BCUT2D eigenvalue weighted by atomic mass is 32.2. The van der Waals surface area contributed by atoms with E-state index in [0.29, 0.717) is 5.75 Å². The summed E-state index contributed by atoms with van der Waals surface area (Å²) in [6, 6.07) is 9.47. The molecule has 0 bridgehead atoms. The lowest BCUT2D eigenvalue weighted by atomic mass is 10.1. The molecule has 10 heteroatoms. The molecule has 1 fully saturated rings. The Morgan fingerprint density at radius 3 is 2.41 bits per heavy atom. The zero-order chi connectivity index (χ0) is 24.9. The normalized spacial score (nSPS) is 14.9. The summed E-state index contributed by atoms with van der Waals surface area (Å²) in [5.41, 5.74) is 6.63. The number of hydrazine groups is 1. The summed E-state index contributed by atoms with van der Waals surface area (Å²) >= 11 is 0. The molecule has 9 nitrogen and oxygen atoms in total. The van der Waals surface area contributed by atoms with Gasteiger partial charge in [-0.1, -0.05) is 25.0 Å². The SMILES string of the molecule is COc1ccc(C(=O)NNC(=O)C(C)Oc2cccc(C)c2C)cc1S(=O)(=O)NC1CCCC1. The lowest BCUT2D eigenvalue weighted by Crippen LogP contribution is -2.47. The predicted molar refractivity (Wildman–Crippen MR) is 127 cm³/mol. The van der Waals surface area contributed by atoms with Gasteiger partial charge < -0.3 is 9.47 Å². The second kappa shape index (κ2) is 10.9. The molecule has 3 rings (SSSR count). The van der Waals surface area contributed by atoms with Crippen LogP contribution in [0.4, 0.5) is 0 Å². The Kier molecular flexibility index (Phi) is 8.16. The van der Waals surface area contributed by atoms with Crippen LogP contribution in [0.25, 0.3) is 0 Å². The van der Waals surface area contributed by atoms with Crippen molar-refractivity contribution in [1.82, 2.24) is 15.6 Å². The number of methoxy groups -OCH3 is 1. The second-order valence-corrected chi connectivity index (χ2v) is 10.1. The Labute approximate surface area is 200 Å². The van der Waals surface area contributed by atoms with Gasteiger partial charge in [-0.05, 0) is 69.0 Å². The summed E-state index contributed by atoms with van der Waals surface area (Å²) in [4.78, 5) is 24.9. The first-order valence-electron chi connectivity index (χ1n) is 11.2. The maximum Gasteiger partial charge on any atom is 0.279 e. The quantitative estimate of drug-likeness (QED) is 0.490. The van der Waals surface area contributed by atoms with Gasteiger partial charge in [-0.3, -0.25) is 20.4 Å². The average Bonchev–Trinajstić information content (AvgIpc) is 3.32. The van der Waals surface area contributed by atoms with Crippen molar-refractivity contribution in [2.45, 2.75) is 63.5 Å². The van der Waals surface area contributed by atoms with Gasteiger partial charge in [0.05, 0.1) is 7.11 Å².